The number of hydrogen-bond donors (Lipinski definition) is 2. The summed E-state index contributed by atoms with van der Waals surface area (Å²) >= 11 is 0. The highest BCUT2D eigenvalue weighted by Gasteiger charge is 2.30. The molecular formula is C11H10F3N3O2. The number of halogens is 3. The number of aromatic amines is 1. The predicted octanol–water partition coefficient (Wildman–Crippen LogP) is 1.19. The Bertz CT molecular complexity index is 743. The summed E-state index contributed by atoms with van der Waals surface area (Å²) in [5.41, 5.74) is 2.93. The number of nitrogens with one attached hydrogen (secondary N) is 1. The van der Waals surface area contributed by atoms with E-state index in [4.69, 9.17) is 5.73 Å². The van der Waals surface area contributed by atoms with Crippen LogP contribution < -0.4 is 17.0 Å². The van der Waals surface area contributed by atoms with E-state index < -0.39 is 29.2 Å². The summed E-state index contributed by atoms with van der Waals surface area (Å²) in [4.78, 5) is 25.9. The van der Waals surface area contributed by atoms with Gasteiger partial charge >= 0.3 is 11.9 Å². The lowest BCUT2D eigenvalue weighted by atomic mass is 10.1. The van der Waals surface area contributed by atoms with E-state index >= 15 is 0 Å². The molecule has 102 valence electrons. The molecule has 8 heteroatoms. The Labute approximate surface area is 104 Å². The van der Waals surface area contributed by atoms with Gasteiger partial charge in [-0.25, -0.2) is 9.36 Å². The highest BCUT2D eigenvalue weighted by Crippen LogP contribution is 2.30. The second kappa shape index (κ2) is 4.23. The summed E-state index contributed by atoms with van der Waals surface area (Å²) in [6.07, 6.45) is -5.49. The number of rotatable bonds is 1. The van der Waals surface area contributed by atoms with E-state index in [0.29, 0.717) is 10.6 Å². The van der Waals surface area contributed by atoms with Gasteiger partial charge in [-0.15, -0.1) is 0 Å². The van der Waals surface area contributed by atoms with Crippen LogP contribution in [0.3, 0.4) is 0 Å². The zero-order valence-corrected chi connectivity index (χ0v) is 9.78. The zero-order valence-electron chi connectivity index (χ0n) is 9.78. The fourth-order valence-electron chi connectivity index (χ4n) is 1.77. The van der Waals surface area contributed by atoms with Gasteiger partial charge in [0.25, 0.3) is 5.56 Å². The van der Waals surface area contributed by atoms with Crippen molar-refractivity contribution in [2.45, 2.75) is 19.3 Å². The molecule has 2 rings (SSSR count). The Kier molecular flexibility index (Phi) is 2.97. The van der Waals surface area contributed by atoms with Gasteiger partial charge in [0.2, 0.25) is 0 Å². The van der Waals surface area contributed by atoms with Crippen LogP contribution in [0.5, 0.6) is 0 Å². The molecule has 19 heavy (non-hydrogen) atoms. The third kappa shape index (κ3) is 2.26. The van der Waals surface area contributed by atoms with Crippen LogP contribution in [0.15, 0.2) is 27.8 Å². The molecule has 1 heterocycles. The molecule has 0 saturated heterocycles. The van der Waals surface area contributed by atoms with Gasteiger partial charge in [-0.3, -0.25) is 4.79 Å². The molecule has 3 N–H and O–H groups in total. The van der Waals surface area contributed by atoms with E-state index in [-0.39, 0.29) is 10.9 Å². The number of hydrogen-bond acceptors (Lipinski definition) is 3. The second-order valence-electron chi connectivity index (χ2n) is 4.10. The van der Waals surface area contributed by atoms with E-state index in [9.17, 15) is 22.8 Å². The van der Waals surface area contributed by atoms with Crippen molar-refractivity contribution in [2.75, 3.05) is 0 Å². The van der Waals surface area contributed by atoms with Gasteiger partial charge < -0.3 is 10.7 Å². The lowest BCUT2D eigenvalue weighted by Gasteiger charge is -2.11. The molecule has 0 aliphatic heterocycles. The molecular weight excluding hydrogens is 263 g/mol. The molecule has 5 nitrogen and oxygen atoms in total. The number of alkyl halides is 3. The van der Waals surface area contributed by atoms with Gasteiger partial charge in [0, 0.05) is 0 Å². The first kappa shape index (κ1) is 13.3. The van der Waals surface area contributed by atoms with E-state index in [1.165, 1.54) is 6.92 Å². The fraction of sp³-hybridized carbons (Fsp3) is 0.273. The van der Waals surface area contributed by atoms with E-state index in [1.807, 2.05) is 0 Å². The average molecular weight is 273 g/mol. The van der Waals surface area contributed by atoms with Crippen molar-refractivity contribution in [3.8, 4) is 0 Å². The van der Waals surface area contributed by atoms with Gasteiger partial charge in [-0.2, -0.15) is 13.2 Å². The Balaban J connectivity index is 2.86. The minimum Gasteiger partial charge on any atom is -0.311 e. The molecule has 0 bridgehead atoms. The van der Waals surface area contributed by atoms with E-state index in [2.05, 4.69) is 4.98 Å². The maximum absolute atomic E-state index is 12.6. The summed E-state index contributed by atoms with van der Waals surface area (Å²) < 4.78 is 38.4. The quantitative estimate of drug-likeness (QED) is 0.818. The molecule has 1 aromatic carbocycles. The first-order valence-corrected chi connectivity index (χ1v) is 5.33. The number of nitrogens with two attached hydrogens (primary N) is 1. The lowest BCUT2D eigenvalue weighted by Crippen LogP contribution is -2.40. The van der Waals surface area contributed by atoms with Crippen LogP contribution in [0, 0.1) is 0 Å². The summed E-state index contributed by atoms with van der Waals surface area (Å²) in [7, 11) is 0. The van der Waals surface area contributed by atoms with E-state index in [0.717, 1.165) is 12.1 Å². The molecule has 0 saturated carbocycles. The third-order valence-electron chi connectivity index (χ3n) is 2.66. The number of H-pyrrole nitrogens is 1. The summed E-state index contributed by atoms with van der Waals surface area (Å²) in [5, 5.41) is -0.230. The lowest BCUT2D eigenvalue weighted by molar-refractivity contribution is -0.137. The molecule has 0 fully saturated rings. The summed E-state index contributed by atoms with van der Waals surface area (Å²) in [6.45, 7) is 1.39. The molecule has 0 aliphatic carbocycles. The second-order valence-corrected chi connectivity index (χ2v) is 4.10. The number of aromatic nitrogens is 2. The molecule has 0 spiro atoms. The SMILES string of the molecule is CC(N)n1c(=O)[nH]c2ccc(C(F)(F)F)cc2c1=O. The highest BCUT2D eigenvalue weighted by molar-refractivity contribution is 5.78. The summed E-state index contributed by atoms with van der Waals surface area (Å²) in [5.74, 6) is 0. The Morgan fingerprint density at radius 3 is 2.47 bits per heavy atom. The van der Waals surface area contributed by atoms with Crippen molar-refractivity contribution in [3.63, 3.8) is 0 Å². The average Bonchev–Trinajstić information content (AvgIpc) is 2.26. The van der Waals surface area contributed by atoms with Gasteiger partial charge in [-0.1, -0.05) is 0 Å². The van der Waals surface area contributed by atoms with Gasteiger partial charge in [-0.05, 0) is 25.1 Å². The summed E-state index contributed by atoms with van der Waals surface area (Å²) in [6, 6.07) is 2.55. The largest absolute Gasteiger partial charge is 0.416 e. The molecule has 2 aromatic rings. The van der Waals surface area contributed by atoms with Crippen molar-refractivity contribution in [1.29, 1.82) is 0 Å². The predicted molar refractivity (Wildman–Crippen MR) is 62.7 cm³/mol. The standard InChI is InChI=1S/C11H10F3N3O2/c1-5(15)17-9(18)7-4-6(11(12,13)14)2-3-8(7)16-10(17)19/h2-5H,15H2,1H3,(H,16,19). The normalized spacial score (nSPS) is 13.7. The van der Waals surface area contributed by atoms with Crippen LogP contribution in [0.1, 0.15) is 18.7 Å². The first-order chi connectivity index (χ1) is 8.71. The van der Waals surface area contributed by atoms with Crippen LogP contribution in [0.4, 0.5) is 13.2 Å². The third-order valence-corrected chi connectivity index (χ3v) is 2.66. The minimum atomic E-state index is -4.56. The Morgan fingerprint density at radius 2 is 1.95 bits per heavy atom. The van der Waals surface area contributed by atoms with Crippen molar-refractivity contribution >= 4 is 10.9 Å². The van der Waals surface area contributed by atoms with Crippen LogP contribution in [0.25, 0.3) is 10.9 Å². The molecule has 0 amide bonds. The van der Waals surface area contributed by atoms with Crippen molar-refractivity contribution in [3.05, 3.63) is 44.6 Å². The van der Waals surface area contributed by atoms with Crippen LogP contribution >= 0.6 is 0 Å². The highest BCUT2D eigenvalue weighted by atomic mass is 19.4. The zero-order chi connectivity index (χ0) is 14.4. The van der Waals surface area contributed by atoms with Crippen molar-refractivity contribution in [2.24, 2.45) is 5.73 Å². The van der Waals surface area contributed by atoms with Crippen molar-refractivity contribution < 1.29 is 13.2 Å². The minimum absolute atomic E-state index is 0.0416. The molecule has 0 aliphatic rings. The maximum Gasteiger partial charge on any atom is 0.416 e. The Hall–Kier alpha value is -2.09. The maximum atomic E-state index is 12.6. The van der Waals surface area contributed by atoms with Gasteiger partial charge in [0.15, 0.2) is 0 Å². The van der Waals surface area contributed by atoms with Crippen LogP contribution in [-0.4, -0.2) is 9.55 Å². The molecule has 1 unspecified atom stereocenters. The first-order valence-electron chi connectivity index (χ1n) is 5.33. The van der Waals surface area contributed by atoms with Crippen LogP contribution in [-0.2, 0) is 6.18 Å². The van der Waals surface area contributed by atoms with E-state index in [1.54, 1.807) is 0 Å². The monoisotopic (exact) mass is 273 g/mol. The van der Waals surface area contributed by atoms with Crippen molar-refractivity contribution in [1.82, 2.24) is 9.55 Å². The van der Waals surface area contributed by atoms with Crippen LogP contribution in [0.2, 0.25) is 0 Å². The Morgan fingerprint density at radius 1 is 1.32 bits per heavy atom. The molecule has 1 aromatic heterocycles. The smallest absolute Gasteiger partial charge is 0.311 e. The number of benzene rings is 1. The molecule has 0 radical (unpaired) electrons. The fourth-order valence-corrected chi connectivity index (χ4v) is 1.77. The van der Waals surface area contributed by atoms with Gasteiger partial charge in [0.1, 0.15) is 0 Å². The number of nitrogens with zero attached hydrogens (tertiary/aromatic N) is 1. The number of fused-ring (bicyclic) bond motifs is 1. The molecule has 1 atom stereocenters. The van der Waals surface area contributed by atoms with Gasteiger partial charge in [0.05, 0.1) is 22.6 Å². The topological polar surface area (TPSA) is 80.9 Å².